The van der Waals surface area contributed by atoms with E-state index in [1.54, 1.807) is 0 Å². The third-order valence-electron chi connectivity index (χ3n) is 13.5. The molecule has 2 unspecified atom stereocenters. The lowest BCUT2D eigenvalue weighted by molar-refractivity contribution is -0.889. The van der Waals surface area contributed by atoms with E-state index >= 15 is 0 Å². The van der Waals surface area contributed by atoms with Gasteiger partial charge < -0.3 is 28.6 Å². The molecule has 0 N–H and O–H groups in total. The van der Waals surface area contributed by atoms with Gasteiger partial charge >= 0.3 is 11.9 Å². The first kappa shape index (κ1) is 66.6. The number of carboxylic acid groups (broad SMARTS) is 1. The molecular formula is C61H113NO7. The Kier molecular flexibility index (Phi) is 50.0. The van der Waals surface area contributed by atoms with Crippen LogP contribution in [0.4, 0.5) is 0 Å². The zero-order valence-corrected chi connectivity index (χ0v) is 46.2. The SMILES string of the molecule is CC/C=C/C/C=C/C/C=C/CCCCCCCCCCCCCCCC(=O)OC(COCCC(C(=O)[O-])[N+](C)(C)C)COC(=O)CCCCCCCCCCCCCCCCCCCCCCCC. The summed E-state index contributed by atoms with van der Waals surface area (Å²) in [6, 6.07) is -0.725. The minimum atomic E-state index is -1.12. The van der Waals surface area contributed by atoms with E-state index in [2.05, 4.69) is 50.3 Å². The van der Waals surface area contributed by atoms with Crippen LogP contribution in [0.25, 0.3) is 0 Å². The van der Waals surface area contributed by atoms with Crippen LogP contribution in [0.1, 0.15) is 284 Å². The molecule has 0 rings (SSSR count). The van der Waals surface area contributed by atoms with E-state index in [9.17, 15) is 19.5 Å². The number of nitrogens with zero attached hydrogens (tertiary/aromatic N) is 1. The van der Waals surface area contributed by atoms with Gasteiger partial charge in [-0.15, -0.1) is 0 Å². The molecule has 0 spiro atoms. The van der Waals surface area contributed by atoms with Gasteiger partial charge in [0.05, 0.1) is 40.3 Å². The molecule has 0 aromatic rings. The van der Waals surface area contributed by atoms with Crippen molar-refractivity contribution < 1.29 is 38.2 Å². The van der Waals surface area contributed by atoms with Crippen LogP contribution in [0, 0.1) is 0 Å². The van der Waals surface area contributed by atoms with Gasteiger partial charge in [0.25, 0.3) is 0 Å². The first-order valence-electron chi connectivity index (χ1n) is 29.5. The Morgan fingerprint density at radius 2 is 0.812 bits per heavy atom. The highest BCUT2D eigenvalue weighted by molar-refractivity contribution is 5.70. The van der Waals surface area contributed by atoms with E-state index in [-0.39, 0.29) is 42.7 Å². The summed E-state index contributed by atoms with van der Waals surface area (Å²) < 4.78 is 17.3. The fourth-order valence-electron chi connectivity index (χ4n) is 9.03. The zero-order chi connectivity index (χ0) is 50.6. The molecule has 0 amide bonds. The molecule has 404 valence electrons. The molecule has 0 aliphatic rings. The smallest absolute Gasteiger partial charge is 0.306 e. The van der Waals surface area contributed by atoms with Crippen LogP contribution in [0.2, 0.25) is 0 Å². The highest BCUT2D eigenvalue weighted by atomic mass is 16.6. The van der Waals surface area contributed by atoms with Gasteiger partial charge in [0.15, 0.2) is 6.10 Å². The summed E-state index contributed by atoms with van der Waals surface area (Å²) in [7, 11) is 5.43. The van der Waals surface area contributed by atoms with Gasteiger partial charge in [-0.05, 0) is 44.9 Å². The monoisotopic (exact) mass is 972 g/mol. The van der Waals surface area contributed by atoms with Gasteiger partial charge in [-0.1, -0.05) is 256 Å². The van der Waals surface area contributed by atoms with E-state index in [4.69, 9.17) is 14.2 Å². The predicted molar refractivity (Wildman–Crippen MR) is 291 cm³/mol. The first-order chi connectivity index (χ1) is 33.6. The third-order valence-corrected chi connectivity index (χ3v) is 13.5. The molecule has 0 fully saturated rings. The van der Waals surface area contributed by atoms with E-state index in [1.807, 2.05) is 21.1 Å². The molecule has 8 nitrogen and oxygen atoms in total. The van der Waals surface area contributed by atoms with Crippen molar-refractivity contribution in [2.45, 2.75) is 296 Å². The third kappa shape index (κ3) is 50.3. The van der Waals surface area contributed by atoms with Crippen molar-refractivity contribution in [3.63, 3.8) is 0 Å². The number of ether oxygens (including phenoxy) is 3. The number of allylic oxidation sites excluding steroid dienone is 6. The summed E-state index contributed by atoms with van der Waals surface area (Å²) in [5.74, 6) is -1.71. The Labute approximate surface area is 427 Å². The number of quaternary nitrogens is 1. The Morgan fingerprint density at radius 3 is 1.20 bits per heavy atom. The largest absolute Gasteiger partial charge is 0.544 e. The summed E-state index contributed by atoms with van der Waals surface area (Å²) in [6.45, 7) is 4.61. The average Bonchev–Trinajstić information content (AvgIpc) is 3.31. The number of rotatable bonds is 54. The van der Waals surface area contributed by atoms with Gasteiger partial charge in [0.1, 0.15) is 12.6 Å². The van der Waals surface area contributed by atoms with Crippen LogP contribution in [0.5, 0.6) is 0 Å². The molecule has 8 heteroatoms. The first-order valence-corrected chi connectivity index (χ1v) is 29.5. The molecule has 0 aliphatic carbocycles. The number of hydrogen-bond donors (Lipinski definition) is 0. The lowest BCUT2D eigenvalue weighted by Gasteiger charge is -2.34. The van der Waals surface area contributed by atoms with Gasteiger partial charge in [-0.25, -0.2) is 0 Å². The maximum atomic E-state index is 12.8. The maximum absolute atomic E-state index is 12.8. The quantitative estimate of drug-likeness (QED) is 0.0259. The Morgan fingerprint density at radius 1 is 0.449 bits per heavy atom. The summed E-state index contributed by atoms with van der Waals surface area (Å²) in [5, 5.41) is 11.7. The number of unbranched alkanes of at least 4 members (excludes halogenated alkanes) is 34. The number of carbonyl (C=O) groups is 3. The lowest BCUT2D eigenvalue weighted by atomic mass is 10.0. The van der Waals surface area contributed by atoms with E-state index in [0.717, 1.165) is 57.8 Å². The number of carboxylic acids is 1. The summed E-state index contributed by atoms with van der Waals surface area (Å²) >= 11 is 0. The molecule has 0 heterocycles. The minimum absolute atomic E-state index is 0.0447. The van der Waals surface area contributed by atoms with Crippen molar-refractivity contribution in [1.82, 2.24) is 0 Å². The highest BCUT2D eigenvalue weighted by Gasteiger charge is 2.25. The predicted octanol–water partition coefficient (Wildman–Crippen LogP) is 16.4. The lowest BCUT2D eigenvalue weighted by Crippen LogP contribution is -2.55. The Balaban J connectivity index is 4.11. The molecule has 0 saturated carbocycles. The highest BCUT2D eigenvalue weighted by Crippen LogP contribution is 2.18. The van der Waals surface area contributed by atoms with Gasteiger partial charge in [-0.3, -0.25) is 9.59 Å². The summed E-state index contributed by atoms with van der Waals surface area (Å²) in [5.41, 5.74) is 0. The number of hydrogen-bond acceptors (Lipinski definition) is 7. The van der Waals surface area contributed by atoms with Crippen LogP contribution < -0.4 is 5.11 Å². The molecule has 0 aliphatic heterocycles. The molecule has 0 saturated heterocycles. The molecule has 69 heavy (non-hydrogen) atoms. The second-order valence-corrected chi connectivity index (χ2v) is 21.2. The maximum Gasteiger partial charge on any atom is 0.306 e. The van der Waals surface area contributed by atoms with Crippen molar-refractivity contribution in [2.75, 3.05) is 41.0 Å². The van der Waals surface area contributed by atoms with Crippen LogP contribution in [0.3, 0.4) is 0 Å². The van der Waals surface area contributed by atoms with Crippen LogP contribution in [-0.4, -0.2) is 75.5 Å². The van der Waals surface area contributed by atoms with Crippen LogP contribution in [0.15, 0.2) is 36.5 Å². The molecule has 2 atom stereocenters. The van der Waals surface area contributed by atoms with E-state index in [0.29, 0.717) is 12.8 Å². The minimum Gasteiger partial charge on any atom is -0.544 e. The van der Waals surface area contributed by atoms with Crippen molar-refractivity contribution >= 4 is 17.9 Å². The topological polar surface area (TPSA) is 102 Å². The van der Waals surface area contributed by atoms with E-state index in [1.165, 1.54) is 193 Å². The molecule has 0 aromatic heterocycles. The van der Waals surface area contributed by atoms with Gasteiger partial charge in [-0.2, -0.15) is 0 Å². The fourth-order valence-corrected chi connectivity index (χ4v) is 9.03. The molecule has 0 aromatic carbocycles. The number of aliphatic carboxylic acids is 1. The Hall–Kier alpha value is -2.45. The number of carbonyl (C=O) groups excluding carboxylic acids is 3. The van der Waals surface area contributed by atoms with Crippen molar-refractivity contribution in [1.29, 1.82) is 0 Å². The zero-order valence-electron chi connectivity index (χ0n) is 46.2. The van der Waals surface area contributed by atoms with Gasteiger partial charge in [0.2, 0.25) is 0 Å². The standard InChI is InChI=1S/C61H113NO7/c1-6-8-10-12-14-16-18-20-22-24-26-28-30-32-34-36-38-40-42-44-46-48-50-52-60(64)69-57(55-67-54-53-58(61(65)66)62(3,4)5)56-68-59(63)51-49-47-45-43-41-39-37-35-33-31-29-27-25-23-21-19-17-15-13-11-9-7-2/h8,10,14,16,20,22,57-58H,6-7,9,11-13,15,17-19,21,23-56H2,1-5H3/b10-8+,16-14+,22-20+. The summed E-state index contributed by atoms with van der Waals surface area (Å²) in [4.78, 5) is 37.2. The normalized spacial score (nSPS) is 13.0. The number of esters is 2. The van der Waals surface area contributed by atoms with E-state index < -0.39 is 18.1 Å². The van der Waals surface area contributed by atoms with Crippen LogP contribution >= 0.6 is 0 Å². The molecule has 0 radical (unpaired) electrons. The molecular weight excluding hydrogens is 859 g/mol. The van der Waals surface area contributed by atoms with Gasteiger partial charge in [0, 0.05) is 19.3 Å². The van der Waals surface area contributed by atoms with Crippen LogP contribution in [-0.2, 0) is 28.6 Å². The second-order valence-electron chi connectivity index (χ2n) is 21.2. The van der Waals surface area contributed by atoms with Crippen molar-refractivity contribution in [3.05, 3.63) is 36.5 Å². The summed E-state index contributed by atoms with van der Waals surface area (Å²) in [6.07, 6.45) is 63.3. The van der Waals surface area contributed by atoms with Crippen molar-refractivity contribution in [2.24, 2.45) is 0 Å². The Bertz CT molecular complexity index is 1220. The second kappa shape index (κ2) is 51.9. The molecule has 0 bridgehead atoms. The van der Waals surface area contributed by atoms with Crippen molar-refractivity contribution in [3.8, 4) is 0 Å². The number of likely N-dealkylation sites (N-methyl/N-ethyl adjacent to an activating group) is 1. The fraction of sp³-hybridized carbons (Fsp3) is 0.852. The average molecular weight is 973 g/mol.